The van der Waals surface area contributed by atoms with Crippen LogP contribution in [0.3, 0.4) is 0 Å². The molecule has 2 atom stereocenters. The van der Waals surface area contributed by atoms with Crippen molar-refractivity contribution in [3.05, 3.63) is 0 Å². The minimum atomic E-state index is -0.558. The third-order valence-corrected chi connectivity index (χ3v) is 3.32. The van der Waals surface area contributed by atoms with Crippen molar-refractivity contribution in [1.82, 2.24) is 10.9 Å². The number of hydrogen-bond acceptors (Lipinski definition) is 4. The number of nitrogens with one attached hydrogen (secondary N) is 2. The summed E-state index contributed by atoms with van der Waals surface area (Å²) in [6, 6.07) is 0. The summed E-state index contributed by atoms with van der Waals surface area (Å²) in [5.74, 6) is -1.22. The molecular weight excluding hydrogens is 248 g/mol. The molecule has 1 saturated carbocycles. The van der Waals surface area contributed by atoms with Gasteiger partial charge >= 0.3 is 5.97 Å². The van der Waals surface area contributed by atoms with Crippen molar-refractivity contribution >= 4 is 17.8 Å². The molecule has 0 spiro atoms. The molecule has 2 N–H and O–H groups in total. The summed E-state index contributed by atoms with van der Waals surface area (Å²) in [6.45, 7) is 5.28. The van der Waals surface area contributed by atoms with Crippen molar-refractivity contribution in [2.24, 2.45) is 17.3 Å². The number of carbonyl (C=O) groups is 3. The lowest BCUT2D eigenvalue weighted by atomic mass is 9.96. The van der Waals surface area contributed by atoms with Crippen LogP contribution in [0, 0.1) is 17.3 Å². The Labute approximate surface area is 113 Å². The standard InChI is InChI=1S/C13H22N2O4/c1-13(2,3)12(18)15-14-10(16)8-5-6-9(7-8)11(17)19-4/h8-9H,5-7H2,1-4H3,(H,14,16)(H,15,18)/t8-,9+/m1/s1. The highest BCUT2D eigenvalue weighted by atomic mass is 16.5. The fraction of sp³-hybridized carbons (Fsp3) is 0.769. The van der Waals surface area contributed by atoms with E-state index >= 15 is 0 Å². The number of hydrogen-bond donors (Lipinski definition) is 2. The highest BCUT2D eigenvalue weighted by Gasteiger charge is 2.34. The molecule has 1 aliphatic carbocycles. The number of methoxy groups -OCH3 is 1. The molecule has 0 aliphatic heterocycles. The summed E-state index contributed by atoms with van der Waals surface area (Å²) < 4.78 is 4.66. The Bertz CT molecular complexity index is 373. The first-order valence-electron chi connectivity index (χ1n) is 6.44. The molecule has 0 aromatic heterocycles. The molecule has 0 bridgehead atoms. The maximum atomic E-state index is 11.9. The average Bonchev–Trinajstić information content (AvgIpc) is 2.82. The molecule has 0 unspecified atom stereocenters. The molecule has 0 heterocycles. The molecule has 1 fully saturated rings. The number of esters is 1. The molecule has 108 valence electrons. The van der Waals surface area contributed by atoms with Crippen LogP contribution in [-0.4, -0.2) is 24.9 Å². The van der Waals surface area contributed by atoms with Gasteiger partial charge in [0.1, 0.15) is 0 Å². The van der Waals surface area contributed by atoms with Gasteiger partial charge in [-0.3, -0.25) is 25.2 Å². The Morgan fingerprint density at radius 2 is 1.63 bits per heavy atom. The van der Waals surface area contributed by atoms with E-state index in [1.165, 1.54) is 7.11 Å². The summed E-state index contributed by atoms with van der Waals surface area (Å²) in [4.78, 5) is 34.8. The first-order chi connectivity index (χ1) is 8.75. The molecule has 19 heavy (non-hydrogen) atoms. The second-order valence-electron chi connectivity index (χ2n) is 5.92. The molecule has 6 nitrogen and oxygen atoms in total. The molecule has 0 radical (unpaired) electrons. The van der Waals surface area contributed by atoms with Gasteiger partial charge in [-0.25, -0.2) is 0 Å². The van der Waals surface area contributed by atoms with Crippen LogP contribution in [0.25, 0.3) is 0 Å². The number of ether oxygens (including phenoxy) is 1. The molecule has 2 amide bonds. The first kappa shape index (κ1) is 15.5. The summed E-state index contributed by atoms with van der Waals surface area (Å²) in [5.41, 5.74) is 4.26. The molecule has 1 rings (SSSR count). The monoisotopic (exact) mass is 270 g/mol. The average molecular weight is 270 g/mol. The van der Waals surface area contributed by atoms with E-state index in [4.69, 9.17) is 0 Å². The van der Waals surface area contributed by atoms with Crippen LogP contribution in [0.15, 0.2) is 0 Å². The van der Waals surface area contributed by atoms with Crippen LogP contribution in [0.5, 0.6) is 0 Å². The van der Waals surface area contributed by atoms with E-state index in [9.17, 15) is 14.4 Å². The number of hydrazine groups is 1. The molecular formula is C13H22N2O4. The quantitative estimate of drug-likeness (QED) is 0.573. The Morgan fingerprint density at radius 3 is 2.16 bits per heavy atom. The second-order valence-corrected chi connectivity index (χ2v) is 5.92. The summed E-state index contributed by atoms with van der Waals surface area (Å²) in [6.07, 6.45) is 1.76. The molecule has 0 aromatic rings. The first-order valence-corrected chi connectivity index (χ1v) is 6.44. The lowest BCUT2D eigenvalue weighted by Crippen LogP contribution is -2.48. The number of rotatable bonds is 2. The van der Waals surface area contributed by atoms with Gasteiger partial charge < -0.3 is 4.74 Å². The van der Waals surface area contributed by atoms with E-state index in [0.29, 0.717) is 19.3 Å². The van der Waals surface area contributed by atoms with Crippen molar-refractivity contribution in [1.29, 1.82) is 0 Å². The normalized spacial score (nSPS) is 22.7. The van der Waals surface area contributed by atoms with Crippen LogP contribution in [-0.2, 0) is 19.1 Å². The Hall–Kier alpha value is -1.59. The van der Waals surface area contributed by atoms with Gasteiger partial charge in [0.2, 0.25) is 11.8 Å². The van der Waals surface area contributed by atoms with E-state index in [1.54, 1.807) is 20.8 Å². The largest absolute Gasteiger partial charge is 0.469 e. The van der Waals surface area contributed by atoms with E-state index in [0.717, 1.165) is 0 Å². The predicted molar refractivity (Wildman–Crippen MR) is 68.6 cm³/mol. The second kappa shape index (κ2) is 6.04. The predicted octanol–water partition coefficient (Wildman–Crippen LogP) is 0.769. The third-order valence-electron chi connectivity index (χ3n) is 3.32. The minimum absolute atomic E-state index is 0.209. The Kier molecular flexibility index (Phi) is 4.91. The van der Waals surface area contributed by atoms with Gasteiger partial charge in [-0.2, -0.15) is 0 Å². The lowest BCUT2D eigenvalue weighted by molar-refractivity contribution is -0.145. The Morgan fingerprint density at radius 1 is 1.05 bits per heavy atom. The Balaban J connectivity index is 2.40. The fourth-order valence-electron chi connectivity index (χ4n) is 2.01. The van der Waals surface area contributed by atoms with E-state index in [2.05, 4.69) is 15.6 Å². The molecule has 0 aromatic carbocycles. The van der Waals surface area contributed by atoms with Crippen molar-refractivity contribution in [3.8, 4) is 0 Å². The highest BCUT2D eigenvalue weighted by molar-refractivity contribution is 5.86. The van der Waals surface area contributed by atoms with E-state index < -0.39 is 5.41 Å². The third kappa shape index (κ3) is 4.22. The van der Waals surface area contributed by atoms with Gasteiger partial charge in [0, 0.05) is 11.3 Å². The summed E-state index contributed by atoms with van der Waals surface area (Å²) in [7, 11) is 1.35. The highest BCUT2D eigenvalue weighted by Crippen LogP contribution is 2.31. The van der Waals surface area contributed by atoms with Crippen molar-refractivity contribution in [2.75, 3.05) is 7.11 Å². The smallest absolute Gasteiger partial charge is 0.308 e. The summed E-state index contributed by atoms with van der Waals surface area (Å²) in [5, 5.41) is 0. The topological polar surface area (TPSA) is 84.5 Å². The zero-order valence-corrected chi connectivity index (χ0v) is 11.9. The van der Waals surface area contributed by atoms with Crippen LogP contribution in [0.2, 0.25) is 0 Å². The molecule has 0 saturated heterocycles. The van der Waals surface area contributed by atoms with Gasteiger partial charge in [-0.15, -0.1) is 0 Å². The maximum Gasteiger partial charge on any atom is 0.308 e. The zero-order valence-electron chi connectivity index (χ0n) is 11.9. The summed E-state index contributed by atoms with van der Waals surface area (Å²) >= 11 is 0. The minimum Gasteiger partial charge on any atom is -0.469 e. The fourth-order valence-corrected chi connectivity index (χ4v) is 2.01. The van der Waals surface area contributed by atoms with Crippen molar-refractivity contribution in [2.45, 2.75) is 40.0 Å². The lowest BCUT2D eigenvalue weighted by Gasteiger charge is -2.19. The zero-order chi connectivity index (χ0) is 14.6. The SMILES string of the molecule is COC(=O)[C@H]1CC[C@@H](C(=O)NNC(=O)C(C)(C)C)C1. The van der Waals surface area contributed by atoms with Gasteiger partial charge in [0.25, 0.3) is 0 Å². The van der Waals surface area contributed by atoms with E-state index in [-0.39, 0.29) is 29.6 Å². The van der Waals surface area contributed by atoms with Crippen LogP contribution >= 0.6 is 0 Å². The molecule has 1 aliphatic rings. The number of amides is 2. The van der Waals surface area contributed by atoms with Gasteiger partial charge in [-0.1, -0.05) is 20.8 Å². The van der Waals surface area contributed by atoms with Gasteiger partial charge in [-0.05, 0) is 19.3 Å². The molecule has 6 heteroatoms. The van der Waals surface area contributed by atoms with Crippen LogP contribution in [0.1, 0.15) is 40.0 Å². The van der Waals surface area contributed by atoms with Crippen LogP contribution < -0.4 is 10.9 Å². The van der Waals surface area contributed by atoms with Gasteiger partial charge in [0.15, 0.2) is 0 Å². The van der Waals surface area contributed by atoms with Gasteiger partial charge in [0.05, 0.1) is 13.0 Å². The van der Waals surface area contributed by atoms with Crippen LogP contribution in [0.4, 0.5) is 0 Å². The number of carbonyl (C=O) groups excluding carboxylic acids is 3. The van der Waals surface area contributed by atoms with E-state index in [1.807, 2.05) is 0 Å². The van der Waals surface area contributed by atoms with Crippen molar-refractivity contribution in [3.63, 3.8) is 0 Å². The van der Waals surface area contributed by atoms with Crippen molar-refractivity contribution < 1.29 is 19.1 Å². The maximum absolute atomic E-state index is 11.9.